The molecule has 1 aromatic rings. The summed E-state index contributed by atoms with van der Waals surface area (Å²) in [6, 6.07) is 9.36. The number of amides is 1. The van der Waals surface area contributed by atoms with Crippen LogP contribution >= 0.6 is 0 Å². The van der Waals surface area contributed by atoms with Gasteiger partial charge in [0.25, 0.3) is 0 Å². The van der Waals surface area contributed by atoms with Crippen LogP contribution in [0.3, 0.4) is 0 Å². The van der Waals surface area contributed by atoms with Gasteiger partial charge in [-0.15, -0.1) is 0 Å². The highest BCUT2D eigenvalue weighted by Gasteiger charge is 2.24. The van der Waals surface area contributed by atoms with Gasteiger partial charge in [0.1, 0.15) is 12.4 Å². The molecule has 17 heavy (non-hydrogen) atoms. The number of nitrogens with two attached hydrogens (primary N) is 1. The van der Waals surface area contributed by atoms with Crippen LogP contribution in [0, 0.1) is 5.41 Å². The van der Waals surface area contributed by atoms with Crippen LogP contribution < -0.4 is 11.1 Å². The molecule has 0 aliphatic carbocycles. The largest absolute Gasteiger partial charge is 0.445 e. The Morgan fingerprint density at radius 2 is 2.00 bits per heavy atom. The Morgan fingerprint density at radius 3 is 2.53 bits per heavy atom. The minimum Gasteiger partial charge on any atom is -0.445 e. The molecule has 0 aliphatic heterocycles. The van der Waals surface area contributed by atoms with Gasteiger partial charge >= 0.3 is 6.09 Å². The Balaban J connectivity index is 2.44. The second kappa shape index (κ2) is 5.34. The predicted octanol–water partition coefficient (Wildman–Crippen LogP) is 1.63. The van der Waals surface area contributed by atoms with Crippen molar-refractivity contribution >= 4 is 11.9 Å². The molecule has 92 valence electrons. The first-order chi connectivity index (χ1) is 7.92. The van der Waals surface area contributed by atoms with Crippen molar-refractivity contribution < 1.29 is 9.53 Å². The quantitative estimate of drug-likeness (QED) is 0.547. The van der Waals surface area contributed by atoms with E-state index in [1.807, 2.05) is 30.3 Å². The van der Waals surface area contributed by atoms with Gasteiger partial charge in [-0.25, -0.2) is 4.79 Å². The van der Waals surface area contributed by atoms with E-state index in [0.29, 0.717) is 0 Å². The highest BCUT2D eigenvalue weighted by Crippen LogP contribution is 2.04. The lowest BCUT2D eigenvalue weighted by atomic mass is 10.1. The topological polar surface area (TPSA) is 88.2 Å². The monoisotopic (exact) mass is 235 g/mol. The molecule has 0 atom stereocenters. The van der Waals surface area contributed by atoms with Crippen molar-refractivity contribution in [3.8, 4) is 0 Å². The number of hydrogen-bond acceptors (Lipinski definition) is 3. The Labute approximate surface area is 100 Å². The SMILES string of the molecule is CC(C)(NC(=O)OCc1ccccc1)C(=N)N. The van der Waals surface area contributed by atoms with Crippen molar-refractivity contribution in [3.05, 3.63) is 35.9 Å². The zero-order chi connectivity index (χ0) is 12.9. The standard InChI is InChI=1S/C12H17N3O2/c1-12(2,10(13)14)15-11(16)17-8-9-6-4-3-5-7-9/h3-7H,8H2,1-2H3,(H3,13,14)(H,15,16). The van der Waals surface area contributed by atoms with Crippen molar-refractivity contribution in [2.24, 2.45) is 5.73 Å². The third-order valence-corrected chi connectivity index (χ3v) is 2.30. The number of carbonyl (C=O) groups is 1. The van der Waals surface area contributed by atoms with Crippen molar-refractivity contribution in [2.45, 2.75) is 26.0 Å². The number of alkyl carbamates (subject to hydrolysis) is 1. The first-order valence-corrected chi connectivity index (χ1v) is 5.25. The molecule has 4 N–H and O–H groups in total. The summed E-state index contributed by atoms with van der Waals surface area (Å²) in [7, 11) is 0. The molecule has 1 rings (SSSR count). The molecule has 0 radical (unpaired) electrons. The van der Waals surface area contributed by atoms with Gasteiger partial charge in [-0.05, 0) is 19.4 Å². The third-order valence-electron chi connectivity index (χ3n) is 2.30. The van der Waals surface area contributed by atoms with Gasteiger partial charge in [0, 0.05) is 0 Å². The average molecular weight is 235 g/mol. The summed E-state index contributed by atoms with van der Waals surface area (Å²) in [4.78, 5) is 11.5. The van der Waals surface area contributed by atoms with Gasteiger partial charge in [0.15, 0.2) is 0 Å². The fourth-order valence-corrected chi connectivity index (χ4v) is 1.08. The molecule has 0 unspecified atom stereocenters. The number of ether oxygens (including phenoxy) is 1. The second-order valence-corrected chi connectivity index (χ2v) is 4.23. The Bertz CT molecular complexity index is 401. The van der Waals surface area contributed by atoms with E-state index < -0.39 is 11.6 Å². The van der Waals surface area contributed by atoms with Crippen molar-refractivity contribution in [3.63, 3.8) is 0 Å². The van der Waals surface area contributed by atoms with E-state index in [1.54, 1.807) is 13.8 Å². The Hall–Kier alpha value is -2.04. The first kappa shape index (κ1) is 13.0. The van der Waals surface area contributed by atoms with E-state index >= 15 is 0 Å². The summed E-state index contributed by atoms with van der Waals surface area (Å²) >= 11 is 0. The molecule has 1 amide bonds. The summed E-state index contributed by atoms with van der Waals surface area (Å²) < 4.78 is 5.01. The van der Waals surface area contributed by atoms with Crippen molar-refractivity contribution in [2.75, 3.05) is 0 Å². The zero-order valence-electron chi connectivity index (χ0n) is 9.99. The van der Waals surface area contributed by atoms with Crippen molar-refractivity contribution in [1.29, 1.82) is 5.41 Å². The highest BCUT2D eigenvalue weighted by atomic mass is 16.5. The smallest absolute Gasteiger partial charge is 0.408 e. The van der Waals surface area contributed by atoms with Crippen LogP contribution in [0.15, 0.2) is 30.3 Å². The summed E-state index contributed by atoms with van der Waals surface area (Å²) in [5, 5.41) is 9.81. The molecule has 5 heteroatoms. The van der Waals surface area contributed by atoms with Crippen molar-refractivity contribution in [1.82, 2.24) is 5.32 Å². The lowest BCUT2D eigenvalue weighted by Gasteiger charge is -2.23. The number of rotatable bonds is 4. The molecule has 0 fully saturated rings. The molecule has 0 saturated heterocycles. The maximum absolute atomic E-state index is 11.5. The van der Waals surface area contributed by atoms with Gasteiger partial charge < -0.3 is 15.8 Å². The average Bonchev–Trinajstić information content (AvgIpc) is 2.27. The maximum Gasteiger partial charge on any atom is 0.408 e. The number of amidine groups is 1. The summed E-state index contributed by atoms with van der Waals surface area (Å²) in [5.41, 5.74) is 5.35. The molecule has 0 bridgehead atoms. The van der Waals surface area contributed by atoms with E-state index in [9.17, 15) is 4.79 Å². The second-order valence-electron chi connectivity index (χ2n) is 4.23. The van der Waals surface area contributed by atoms with Crippen LogP contribution in [0.1, 0.15) is 19.4 Å². The molecule has 0 spiro atoms. The summed E-state index contributed by atoms with van der Waals surface area (Å²) in [5.74, 6) is -0.117. The maximum atomic E-state index is 11.5. The third kappa shape index (κ3) is 4.14. The normalized spacial score (nSPS) is 10.7. The molecule has 5 nitrogen and oxygen atoms in total. The minimum atomic E-state index is -0.895. The van der Waals surface area contributed by atoms with Gasteiger partial charge in [-0.3, -0.25) is 5.41 Å². The molecule has 0 aromatic heterocycles. The summed E-state index contributed by atoms with van der Waals surface area (Å²) in [6.45, 7) is 3.47. The van der Waals surface area contributed by atoms with Gasteiger partial charge in [0.2, 0.25) is 0 Å². The number of hydrogen-bond donors (Lipinski definition) is 3. The van der Waals surface area contributed by atoms with E-state index in [0.717, 1.165) is 5.56 Å². The van der Waals surface area contributed by atoms with E-state index in [2.05, 4.69) is 5.32 Å². The zero-order valence-corrected chi connectivity index (χ0v) is 9.99. The molecule has 0 aliphatic rings. The molecule has 0 saturated carbocycles. The molecule has 1 aromatic carbocycles. The fraction of sp³-hybridized carbons (Fsp3) is 0.333. The molecular weight excluding hydrogens is 218 g/mol. The molecule has 0 heterocycles. The van der Waals surface area contributed by atoms with Gasteiger partial charge in [-0.1, -0.05) is 30.3 Å². The van der Waals surface area contributed by atoms with Crippen LogP contribution in [0.4, 0.5) is 4.79 Å². The van der Waals surface area contributed by atoms with Crippen LogP contribution in [0.2, 0.25) is 0 Å². The first-order valence-electron chi connectivity index (χ1n) is 5.25. The lowest BCUT2D eigenvalue weighted by Crippen LogP contribution is -2.52. The molecular formula is C12H17N3O2. The van der Waals surface area contributed by atoms with Crippen LogP contribution in [0.5, 0.6) is 0 Å². The van der Waals surface area contributed by atoms with Gasteiger partial charge in [-0.2, -0.15) is 0 Å². The van der Waals surface area contributed by atoms with Crippen LogP contribution in [0.25, 0.3) is 0 Å². The van der Waals surface area contributed by atoms with E-state index in [1.165, 1.54) is 0 Å². The highest BCUT2D eigenvalue weighted by molar-refractivity contribution is 5.89. The van der Waals surface area contributed by atoms with E-state index in [4.69, 9.17) is 15.9 Å². The minimum absolute atomic E-state index is 0.117. The van der Waals surface area contributed by atoms with E-state index in [-0.39, 0.29) is 12.4 Å². The lowest BCUT2D eigenvalue weighted by molar-refractivity contribution is 0.134. The summed E-state index contributed by atoms with van der Waals surface area (Å²) in [6.07, 6.45) is -0.589. The van der Waals surface area contributed by atoms with Crippen LogP contribution in [-0.4, -0.2) is 17.5 Å². The Kier molecular flexibility index (Phi) is 4.09. The number of benzene rings is 1. The number of carbonyl (C=O) groups excluding carboxylic acids is 1. The Morgan fingerprint density at radius 1 is 1.41 bits per heavy atom. The van der Waals surface area contributed by atoms with Gasteiger partial charge in [0.05, 0.1) is 5.54 Å². The van der Waals surface area contributed by atoms with Crippen LogP contribution in [-0.2, 0) is 11.3 Å². The fourth-order valence-electron chi connectivity index (χ4n) is 1.08. The predicted molar refractivity (Wildman–Crippen MR) is 65.8 cm³/mol. The number of nitrogens with one attached hydrogen (secondary N) is 2.